The van der Waals surface area contributed by atoms with Crippen molar-refractivity contribution in [2.45, 2.75) is 56.8 Å². The molecular weight excluding hydrogens is 290 g/mol. The molecule has 2 amide bonds. The molecule has 0 radical (unpaired) electrons. The SMILES string of the molecule is C[C@@H](O)[C@H](NC(=O)[C@@H]1CCCN1)C(=O)N1CCC[C@H]1C(=O)O. The van der Waals surface area contributed by atoms with Gasteiger partial charge in [0.15, 0.2) is 0 Å². The number of aliphatic hydroxyl groups is 1. The number of carboxylic acids is 1. The largest absolute Gasteiger partial charge is 0.480 e. The topological polar surface area (TPSA) is 119 Å². The second-order valence-electron chi connectivity index (χ2n) is 5.90. The van der Waals surface area contributed by atoms with Crippen LogP contribution < -0.4 is 10.6 Å². The Labute approximate surface area is 128 Å². The average molecular weight is 313 g/mol. The van der Waals surface area contributed by atoms with E-state index in [4.69, 9.17) is 5.11 Å². The van der Waals surface area contributed by atoms with Crippen LogP contribution in [-0.4, -0.2) is 70.2 Å². The van der Waals surface area contributed by atoms with Crippen LogP contribution in [0, 0.1) is 0 Å². The fourth-order valence-electron chi connectivity index (χ4n) is 3.02. The molecule has 2 saturated heterocycles. The Bertz CT molecular complexity index is 448. The van der Waals surface area contributed by atoms with E-state index in [0.29, 0.717) is 25.8 Å². The zero-order valence-corrected chi connectivity index (χ0v) is 12.6. The van der Waals surface area contributed by atoms with Crippen molar-refractivity contribution in [3.05, 3.63) is 0 Å². The first kappa shape index (κ1) is 16.7. The number of carbonyl (C=O) groups excluding carboxylic acids is 2. The van der Waals surface area contributed by atoms with Crippen LogP contribution in [-0.2, 0) is 14.4 Å². The van der Waals surface area contributed by atoms with Gasteiger partial charge >= 0.3 is 5.97 Å². The molecule has 124 valence electrons. The summed E-state index contributed by atoms with van der Waals surface area (Å²) in [5.41, 5.74) is 0. The lowest BCUT2D eigenvalue weighted by molar-refractivity contribution is -0.150. The van der Waals surface area contributed by atoms with Gasteiger partial charge in [0.1, 0.15) is 12.1 Å². The van der Waals surface area contributed by atoms with Crippen LogP contribution in [0.15, 0.2) is 0 Å². The molecule has 8 heteroatoms. The molecule has 4 atom stereocenters. The van der Waals surface area contributed by atoms with E-state index < -0.39 is 30.1 Å². The molecule has 8 nitrogen and oxygen atoms in total. The van der Waals surface area contributed by atoms with Gasteiger partial charge in [-0.1, -0.05) is 0 Å². The Kier molecular flexibility index (Phi) is 5.36. The third-order valence-electron chi connectivity index (χ3n) is 4.24. The van der Waals surface area contributed by atoms with Crippen molar-refractivity contribution >= 4 is 17.8 Å². The van der Waals surface area contributed by atoms with Crippen molar-refractivity contribution in [2.75, 3.05) is 13.1 Å². The molecule has 2 fully saturated rings. The third kappa shape index (κ3) is 3.56. The summed E-state index contributed by atoms with van der Waals surface area (Å²) in [5.74, 6) is -1.92. The van der Waals surface area contributed by atoms with Gasteiger partial charge in [0.25, 0.3) is 0 Å². The van der Waals surface area contributed by atoms with Crippen molar-refractivity contribution in [1.82, 2.24) is 15.5 Å². The zero-order valence-electron chi connectivity index (χ0n) is 12.6. The summed E-state index contributed by atoms with van der Waals surface area (Å²) in [6.07, 6.45) is 1.49. The summed E-state index contributed by atoms with van der Waals surface area (Å²) < 4.78 is 0. The van der Waals surface area contributed by atoms with Crippen LogP contribution in [0.3, 0.4) is 0 Å². The molecule has 0 bridgehead atoms. The number of likely N-dealkylation sites (tertiary alicyclic amines) is 1. The normalized spacial score (nSPS) is 27.5. The molecule has 0 aromatic heterocycles. The fraction of sp³-hybridized carbons (Fsp3) is 0.786. The van der Waals surface area contributed by atoms with E-state index in [-0.39, 0.29) is 11.9 Å². The number of nitrogens with one attached hydrogen (secondary N) is 2. The Hall–Kier alpha value is -1.67. The highest BCUT2D eigenvalue weighted by Crippen LogP contribution is 2.19. The molecular formula is C14H23N3O5. The third-order valence-corrected chi connectivity index (χ3v) is 4.24. The molecule has 2 rings (SSSR count). The van der Waals surface area contributed by atoms with E-state index in [1.807, 2.05) is 0 Å². The monoisotopic (exact) mass is 313 g/mol. The first-order valence-corrected chi connectivity index (χ1v) is 7.67. The molecule has 0 unspecified atom stereocenters. The number of rotatable bonds is 5. The van der Waals surface area contributed by atoms with Crippen LogP contribution in [0.4, 0.5) is 0 Å². The maximum Gasteiger partial charge on any atom is 0.326 e. The molecule has 0 saturated carbocycles. The number of hydrogen-bond donors (Lipinski definition) is 4. The van der Waals surface area contributed by atoms with E-state index in [1.54, 1.807) is 0 Å². The lowest BCUT2D eigenvalue weighted by Crippen LogP contribution is -2.58. The zero-order chi connectivity index (χ0) is 16.3. The van der Waals surface area contributed by atoms with Gasteiger partial charge in [0.2, 0.25) is 11.8 Å². The minimum absolute atomic E-state index is 0.330. The highest BCUT2D eigenvalue weighted by molar-refractivity contribution is 5.92. The summed E-state index contributed by atoms with van der Waals surface area (Å²) in [4.78, 5) is 37.1. The molecule has 0 aromatic rings. The van der Waals surface area contributed by atoms with Crippen molar-refractivity contribution < 1.29 is 24.6 Å². The highest BCUT2D eigenvalue weighted by atomic mass is 16.4. The fourth-order valence-corrected chi connectivity index (χ4v) is 3.02. The number of amides is 2. The van der Waals surface area contributed by atoms with Gasteiger partial charge in [0, 0.05) is 6.54 Å². The van der Waals surface area contributed by atoms with E-state index in [1.165, 1.54) is 11.8 Å². The van der Waals surface area contributed by atoms with Crippen molar-refractivity contribution in [3.63, 3.8) is 0 Å². The predicted molar refractivity (Wildman–Crippen MR) is 77.0 cm³/mol. The van der Waals surface area contributed by atoms with Crippen molar-refractivity contribution in [2.24, 2.45) is 0 Å². The van der Waals surface area contributed by atoms with E-state index in [0.717, 1.165) is 13.0 Å². The predicted octanol–water partition coefficient (Wildman–Crippen LogP) is -1.32. The molecule has 2 aliphatic rings. The molecule has 0 spiro atoms. The van der Waals surface area contributed by atoms with Gasteiger partial charge in [-0.15, -0.1) is 0 Å². The first-order valence-electron chi connectivity index (χ1n) is 7.67. The molecule has 0 aliphatic carbocycles. The van der Waals surface area contributed by atoms with Crippen LogP contribution in [0.5, 0.6) is 0 Å². The minimum Gasteiger partial charge on any atom is -0.480 e. The van der Waals surface area contributed by atoms with E-state index in [2.05, 4.69) is 10.6 Å². The smallest absolute Gasteiger partial charge is 0.326 e. The van der Waals surface area contributed by atoms with Gasteiger partial charge in [-0.25, -0.2) is 4.79 Å². The average Bonchev–Trinajstić information content (AvgIpc) is 3.13. The molecule has 0 aromatic carbocycles. The maximum absolute atomic E-state index is 12.5. The quantitative estimate of drug-likeness (QED) is 0.500. The summed E-state index contributed by atoms with van der Waals surface area (Å²) in [6.45, 7) is 2.49. The number of carbonyl (C=O) groups is 3. The lowest BCUT2D eigenvalue weighted by atomic mass is 10.1. The van der Waals surface area contributed by atoms with Gasteiger partial charge in [-0.05, 0) is 39.2 Å². The second-order valence-corrected chi connectivity index (χ2v) is 5.90. The van der Waals surface area contributed by atoms with Gasteiger partial charge < -0.3 is 25.7 Å². The number of nitrogens with zero attached hydrogens (tertiary/aromatic N) is 1. The molecule has 22 heavy (non-hydrogen) atoms. The van der Waals surface area contributed by atoms with Gasteiger partial charge in [-0.3, -0.25) is 9.59 Å². The van der Waals surface area contributed by atoms with Crippen LogP contribution in [0.2, 0.25) is 0 Å². The Balaban J connectivity index is 2.05. The first-order chi connectivity index (χ1) is 10.4. The Morgan fingerprint density at radius 1 is 1.27 bits per heavy atom. The Morgan fingerprint density at radius 3 is 2.55 bits per heavy atom. The molecule has 2 heterocycles. The van der Waals surface area contributed by atoms with E-state index >= 15 is 0 Å². The number of aliphatic hydroxyl groups excluding tert-OH is 1. The second kappa shape index (κ2) is 7.06. The standard InChI is InChI=1S/C14H23N3O5/c1-8(18)11(16-12(19)9-4-2-6-15-9)13(20)17-7-3-5-10(17)14(21)22/h8-11,15,18H,2-7H2,1H3,(H,16,19)(H,21,22)/t8-,9+,10+,11+/m1/s1. The van der Waals surface area contributed by atoms with Crippen LogP contribution in [0.25, 0.3) is 0 Å². The summed E-state index contributed by atoms with van der Waals surface area (Å²) >= 11 is 0. The number of hydrogen-bond acceptors (Lipinski definition) is 5. The highest BCUT2D eigenvalue weighted by Gasteiger charge is 2.39. The summed E-state index contributed by atoms with van der Waals surface area (Å²) in [7, 11) is 0. The number of carboxylic acid groups (broad SMARTS) is 1. The molecule has 4 N–H and O–H groups in total. The van der Waals surface area contributed by atoms with Gasteiger partial charge in [-0.2, -0.15) is 0 Å². The maximum atomic E-state index is 12.5. The van der Waals surface area contributed by atoms with E-state index in [9.17, 15) is 19.5 Å². The van der Waals surface area contributed by atoms with Crippen LogP contribution >= 0.6 is 0 Å². The number of aliphatic carboxylic acids is 1. The summed E-state index contributed by atoms with van der Waals surface area (Å²) in [5, 5.41) is 24.6. The van der Waals surface area contributed by atoms with Crippen LogP contribution in [0.1, 0.15) is 32.6 Å². The lowest BCUT2D eigenvalue weighted by Gasteiger charge is -2.29. The molecule has 2 aliphatic heterocycles. The van der Waals surface area contributed by atoms with Crippen molar-refractivity contribution in [3.8, 4) is 0 Å². The summed E-state index contributed by atoms with van der Waals surface area (Å²) in [6, 6.07) is -2.35. The van der Waals surface area contributed by atoms with Crippen molar-refractivity contribution in [1.29, 1.82) is 0 Å². The Morgan fingerprint density at radius 2 is 2.00 bits per heavy atom. The van der Waals surface area contributed by atoms with Gasteiger partial charge in [0.05, 0.1) is 12.1 Å². The minimum atomic E-state index is -1.12.